The summed E-state index contributed by atoms with van der Waals surface area (Å²) in [7, 11) is 0. The maximum absolute atomic E-state index is 12.5. The van der Waals surface area contributed by atoms with Gasteiger partial charge in [-0.3, -0.25) is 4.79 Å². The third-order valence-electron chi connectivity index (χ3n) is 6.90. The number of amides is 1. The molecule has 0 radical (unpaired) electrons. The van der Waals surface area contributed by atoms with E-state index in [4.69, 9.17) is 11.6 Å². The van der Waals surface area contributed by atoms with Crippen molar-refractivity contribution in [2.24, 2.45) is 11.8 Å². The number of aryl methyl sites for hydroxylation is 1. The van der Waals surface area contributed by atoms with Crippen molar-refractivity contribution in [3.63, 3.8) is 0 Å². The molecule has 0 unspecified atom stereocenters. The van der Waals surface area contributed by atoms with E-state index in [9.17, 15) is 4.79 Å². The van der Waals surface area contributed by atoms with Crippen LogP contribution in [0.2, 0.25) is 5.02 Å². The topological polar surface area (TPSA) is 59.8 Å². The van der Waals surface area contributed by atoms with Crippen LogP contribution in [0.3, 0.4) is 0 Å². The van der Waals surface area contributed by atoms with Crippen molar-refractivity contribution in [2.45, 2.75) is 84.1 Å². The van der Waals surface area contributed by atoms with Gasteiger partial charge in [0.15, 0.2) is 0 Å². The molecule has 162 valence electrons. The SMILES string of the molecule is Cc1c(Cl)cccc1NC(=O)CCc1nnc(C2CCC(C(C)C)CC2)n1C1CC1. The van der Waals surface area contributed by atoms with E-state index in [-0.39, 0.29) is 5.91 Å². The Morgan fingerprint density at radius 2 is 1.90 bits per heavy atom. The summed E-state index contributed by atoms with van der Waals surface area (Å²) >= 11 is 6.16. The van der Waals surface area contributed by atoms with E-state index in [0.717, 1.165) is 28.9 Å². The fourth-order valence-corrected chi connectivity index (χ4v) is 4.92. The van der Waals surface area contributed by atoms with E-state index in [1.807, 2.05) is 25.1 Å². The average molecular weight is 429 g/mol. The fraction of sp³-hybridized carbons (Fsp3) is 0.625. The van der Waals surface area contributed by atoms with Gasteiger partial charge in [-0.05, 0) is 75.0 Å². The van der Waals surface area contributed by atoms with Gasteiger partial charge in [-0.2, -0.15) is 0 Å². The van der Waals surface area contributed by atoms with Gasteiger partial charge in [-0.25, -0.2) is 0 Å². The number of carbonyl (C=O) groups is 1. The summed E-state index contributed by atoms with van der Waals surface area (Å²) in [5.74, 6) is 4.26. The molecule has 2 aliphatic carbocycles. The summed E-state index contributed by atoms with van der Waals surface area (Å²) in [5.41, 5.74) is 1.67. The van der Waals surface area contributed by atoms with Gasteiger partial charge in [-0.1, -0.05) is 31.5 Å². The number of hydrogen-bond donors (Lipinski definition) is 1. The molecule has 30 heavy (non-hydrogen) atoms. The summed E-state index contributed by atoms with van der Waals surface area (Å²) in [5, 5.41) is 12.8. The number of aromatic nitrogens is 3. The van der Waals surface area contributed by atoms with Crippen molar-refractivity contribution in [2.75, 3.05) is 5.32 Å². The van der Waals surface area contributed by atoms with Crippen LogP contribution in [0.25, 0.3) is 0 Å². The smallest absolute Gasteiger partial charge is 0.224 e. The lowest BCUT2D eigenvalue weighted by Gasteiger charge is -2.30. The molecule has 5 nitrogen and oxygen atoms in total. The number of hydrogen-bond acceptors (Lipinski definition) is 3. The van der Waals surface area contributed by atoms with E-state index in [1.54, 1.807) is 0 Å². The first-order valence-electron chi connectivity index (χ1n) is 11.4. The van der Waals surface area contributed by atoms with Crippen molar-refractivity contribution >= 4 is 23.2 Å². The molecule has 0 spiro atoms. The molecule has 1 N–H and O–H groups in total. The highest BCUT2D eigenvalue weighted by molar-refractivity contribution is 6.31. The van der Waals surface area contributed by atoms with Gasteiger partial charge in [0.2, 0.25) is 5.91 Å². The number of nitrogens with one attached hydrogen (secondary N) is 1. The Bertz CT molecular complexity index is 895. The molecular weight excluding hydrogens is 396 g/mol. The minimum absolute atomic E-state index is 0.00953. The molecule has 2 aliphatic rings. The number of carbonyl (C=O) groups excluding carboxylic acids is 1. The number of rotatable bonds is 7. The summed E-state index contributed by atoms with van der Waals surface area (Å²) in [6, 6.07) is 6.11. The quantitative estimate of drug-likeness (QED) is 0.581. The van der Waals surface area contributed by atoms with Crippen molar-refractivity contribution in [1.82, 2.24) is 14.8 Å². The van der Waals surface area contributed by atoms with Gasteiger partial charge in [0.05, 0.1) is 0 Å². The molecule has 6 heteroatoms. The van der Waals surface area contributed by atoms with Crippen LogP contribution in [0, 0.1) is 18.8 Å². The Labute approximate surface area is 184 Å². The molecule has 0 atom stereocenters. The van der Waals surface area contributed by atoms with Crippen LogP contribution in [-0.4, -0.2) is 20.7 Å². The zero-order valence-electron chi connectivity index (χ0n) is 18.3. The monoisotopic (exact) mass is 428 g/mol. The van der Waals surface area contributed by atoms with E-state index in [1.165, 1.54) is 44.3 Å². The van der Waals surface area contributed by atoms with E-state index < -0.39 is 0 Å². The Balaban J connectivity index is 1.40. The Morgan fingerprint density at radius 3 is 2.57 bits per heavy atom. The largest absolute Gasteiger partial charge is 0.326 e. The maximum Gasteiger partial charge on any atom is 0.224 e. The molecule has 1 aromatic heterocycles. The van der Waals surface area contributed by atoms with Crippen LogP contribution < -0.4 is 5.32 Å². The summed E-state index contributed by atoms with van der Waals surface area (Å²) in [4.78, 5) is 12.5. The van der Waals surface area contributed by atoms with Crippen LogP contribution in [0.5, 0.6) is 0 Å². The molecule has 0 aliphatic heterocycles. The Kier molecular flexibility index (Phi) is 6.47. The van der Waals surface area contributed by atoms with Gasteiger partial charge < -0.3 is 9.88 Å². The highest BCUT2D eigenvalue weighted by Gasteiger charge is 2.34. The minimum atomic E-state index is -0.00953. The van der Waals surface area contributed by atoms with E-state index >= 15 is 0 Å². The number of halogens is 1. The Hall–Kier alpha value is -1.88. The highest BCUT2D eigenvalue weighted by Crippen LogP contribution is 2.43. The highest BCUT2D eigenvalue weighted by atomic mass is 35.5. The van der Waals surface area contributed by atoms with Gasteiger partial charge in [-0.15, -0.1) is 10.2 Å². The first kappa shape index (κ1) is 21.4. The molecule has 2 aromatic rings. The summed E-state index contributed by atoms with van der Waals surface area (Å²) in [6.45, 7) is 6.60. The third-order valence-corrected chi connectivity index (χ3v) is 7.31. The molecular formula is C24H33ClN4O. The second-order valence-corrected chi connectivity index (χ2v) is 9.80. The van der Waals surface area contributed by atoms with Crippen LogP contribution in [0.15, 0.2) is 18.2 Å². The van der Waals surface area contributed by atoms with Crippen LogP contribution >= 0.6 is 11.6 Å². The summed E-state index contributed by atoms with van der Waals surface area (Å²) < 4.78 is 2.37. The lowest BCUT2D eigenvalue weighted by molar-refractivity contribution is -0.116. The summed E-state index contributed by atoms with van der Waals surface area (Å²) in [6.07, 6.45) is 8.42. The standard InChI is InChI=1S/C24H33ClN4O/c1-15(2)17-7-9-18(10-8-17)24-28-27-22(29(24)19-11-12-19)13-14-23(30)26-21-6-4-5-20(25)16(21)3/h4-6,15,17-19H,7-14H2,1-3H3,(H,26,30). The lowest BCUT2D eigenvalue weighted by atomic mass is 9.76. The number of nitrogens with zero attached hydrogens (tertiary/aromatic N) is 3. The van der Waals surface area contributed by atoms with Gasteiger partial charge in [0.25, 0.3) is 0 Å². The second-order valence-electron chi connectivity index (χ2n) is 9.39. The third kappa shape index (κ3) is 4.72. The predicted molar refractivity (Wildman–Crippen MR) is 121 cm³/mol. The second kappa shape index (κ2) is 9.09. The first-order chi connectivity index (χ1) is 14.4. The zero-order chi connectivity index (χ0) is 21.3. The van der Waals surface area contributed by atoms with E-state index in [2.05, 4.69) is 33.9 Å². The lowest BCUT2D eigenvalue weighted by Crippen LogP contribution is -2.20. The minimum Gasteiger partial charge on any atom is -0.326 e. The van der Waals surface area contributed by atoms with Crippen LogP contribution in [0.1, 0.15) is 88.0 Å². The molecule has 4 rings (SSSR count). The van der Waals surface area contributed by atoms with Crippen molar-refractivity contribution < 1.29 is 4.79 Å². The number of anilines is 1. The zero-order valence-corrected chi connectivity index (χ0v) is 19.1. The van der Waals surface area contributed by atoms with Gasteiger partial charge >= 0.3 is 0 Å². The fourth-order valence-electron chi connectivity index (χ4n) is 4.74. The van der Waals surface area contributed by atoms with Crippen molar-refractivity contribution in [3.05, 3.63) is 40.4 Å². The van der Waals surface area contributed by atoms with Crippen LogP contribution in [-0.2, 0) is 11.2 Å². The molecule has 2 fully saturated rings. The first-order valence-corrected chi connectivity index (χ1v) is 11.8. The molecule has 1 amide bonds. The normalized spacial score (nSPS) is 21.8. The molecule has 0 saturated heterocycles. The van der Waals surface area contributed by atoms with Gasteiger partial charge in [0, 0.05) is 35.5 Å². The van der Waals surface area contributed by atoms with Crippen LogP contribution in [0.4, 0.5) is 5.69 Å². The van der Waals surface area contributed by atoms with E-state index in [0.29, 0.717) is 29.8 Å². The maximum atomic E-state index is 12.5. The van der Waals surface area contributed by atoms with Crippen molar-refractivity contribution in [3.8, 4) is 0 Å². The molecule has 1 heterocycles. The van der Waals surface area contributed by atoms with Crippen molar-refractivity contribution in [1.29, 1.82) is 0 Å². The average Bonchev–Trinajstić information content (AvgIpc) is 3.49. The Morgan fingerprint density at radius 1 is 1.17 bits per heavy atom. The molecule has 1 aromatic carbocycles. The van der Waals surface area contributed by atoms with Gasteiger partial charge in [0.1, 0.15) is 11.6 Å². The molecule has 2 saturated carbocycles. The predicted octanol–water partition coefficient (Wildman–Crippen LogP) is 6.08. The number of benzene rings is 1. The molecule has 0 bridgehead atoms.